The van der Waals surface area contributed by atoms with E-state index in [9.17, 15) is 4.79 Å². The lowest BCUT2D eigenvalue weighted by Gasteiger charge is -2.39. The number of aromatic nitrogens is 1. The number of nitrogens with one attached hydrogen (secondary N) is 1. The Kier molecular flexibility index (Phi) is 6.37. The molecular formula is C16H22ClN5O2. The van der Waals surface area contributed by atoms with E-state index in [0.717, 1.165) is 18.9 Å². The summed E-state index contributed by atoms with van der Waals surface area (Å²) in [4.78, 5) is 20.9. The molecule has 2 fully saturated rings. The molecule has 3 rings (SSSR count). The lowest BCUT2D eigenvalue weighted by molar-refractivity contribution is -0.139. The number of halogens is 1. The molecule has 0 saturated carbocycles. The number of hydrogen-bond acceptors (Lipinski definition) is 6. The van der Waals surface area contributed by atoms with E-state index in [1.807, 2.05) is 11.8 Å². The highest BCUT2D eigenvalue weighted by molar-refractivity contribution is 5.85. The van der Waals surface area contributed by atoms with Crippen LogP contribution in [0.15, 0.2) is 18.3 Å². The molecule has 8 heteroatoms. The first-order chi connectivity index (χ1) is 11.2. The number of carbonyl (C=O) groups is 1. The summed E-state index contributed by atoms with van der Waals surface area (Å²) in [5.74, 6) is 0.902. The van der Waals surface area contributed by atoms with Crippen LogP contribution < -0.4 is 10.2 Å². The summed E-state index contributed by atoms with van der Waals surface area (Å²) in [5, 5.41) is 12.2. The van der Waals surface area contributed by atoms with Crippen LogP contribution in [-0.2, 0) is 9.53 Å². The number of rotatable bonds is 2. The van der Waals surface area contributed by atoms with Gasteiger partial charge in [0.25, 0.3) is 0 Å². The van der Waals surface area contributed by atoms with Gasteiger partial charge < -0.3 is 19.9 Å². The van der Waals surface area contributed by atoms with Crippen molar-refractivity contribution in [1.29, 1.82) is 5.26 Å². The van der Waals surface area contributed by atoms with Gasteiger partial charge in [-0.3, -0.25) is 4.79 Å². The molecular weight excluding hydrogens is 330 g/mol. The van der Waals surface area contributed by atoms with Crippen LogP contribution in [0.4, 0.5) is 5.82 Å². The third kappa shape index (κ3) is 3.96. The summed E-state index contributed by atoms with van der Waals surface area (Å²) >= 11 is 0. The molecule has 2 saturated heterocycles. The van der Waals surface area contributed by atoms with Gasteiger partial charge in [-0.25, -0.2) is 4.98 Å². The number of anilines is 1. The van der Waals surface area contributed by atoms with Crippen molar-refractivity contribution in [2.75, 3.05) is 44.2 Å². The van der Waals surface area contributed by atoms with Gasteiger partial charge in [0, 0.05) is 38.9 Å². The van der Waals surface area contributed by atoms with Crippen molar-refractivity contribution >= 4 is 24.1 Å². The lowest BCUT2D eigenvalue weighted by Crippen LogP contribution is -2.59. The zero-order valence-corrected chi connectivity index (χ0v) is 14.5. The van der Waals surface area contributed by atoms with Gasteiger partial charge in [-0.15, -0.1) is 12.4 Å². The van der Waals surface area contributed by atoms with E-state index in [4.69, 9.17) is 10.00 Å². The van der Waals surface area contributed by atoms with Crippen molar-refractivity contribution in [3.8, 4) is 6.07 Å². The molecule has 2 aliphatic heterocycles. The second-order valence-corrected chi connectivity index (χ2v) is 5.83. The standard InChI is InChI=1S/C16H21N5O2.ClH/c1-12-15(19-4-9-23-12)16(22)21-7-5-20(6-8-21)14-10-13(11-17)2-3-18-14;/h2-3,10,12,15,19H,4-9H2,1H3;1H/t12-,15+;/m1./s1. The highest BCUT2D eigenvalue weighted by atomic mass is 35.5. The number of morpholine rings is 1. The number of nitriles is 1. The Morgan fingerprint density at radius 1 is 1.42 bits per heavy atom. The summed E-state index contributed by atoms with van der Waals surface area (Å²) in [6.45, 7) is 6.04. The van der Waals surface area contributed by atoms with Gasteiger partial charge in [0.1, 0.15) is 11.9 Å². The van der Waals surface area contributed by atoms with Crippen LogP contribution in [0.3, 0.4) is 0 Å². The molecule has 0 spiro atoms. The van der Waals surface area contributed by atoms with E-state index in [-0.39, 0.29) is 30.5 Å². The Morgan fingerprint density at radius 3 is 2.83 bits per heavy atom. The topological polar surface area (TPSA) is 81.5 Å². The molecule has 3 heterocycles. The third-order valence-electron chi connectivity index (χ3n) is 4.37. The van der Waals surface area contributed by atoms with E-state index in [1.165, 1.54) is 0 Å². The average Bonchev–Trinajstić information content (AvgIpc) is 2.62. The van der Waals surface area contributed by atoms with E-state index in [0.29, 0.717) is 31.8 Å². The van der Waals surface area contributed by atoms with Gasteiger partial charge in [-0.1, -0.05) is 0 Å². The predicted molar refractivity (Wildman–Crippen MR) is 92.2 cm³/mol. The largest absolute Gasteiger partial charge is 0.375 e. The molecule has 7 nitrogen and oxygen atoms in total. The van der Waals surface area contributed by atoms with Crippen LogP contribution in [-0.4, -0.2) is 67.3 Å². The highest BCUT2D eigenvalue weighted by Gasteiger charge is 2.33. The number of amides is 1. The Labute approximate surface area is 148 Å². The summed E-state index contributed by atoms with van der Waals surface area (Å²) < 4.78 is 5.56. The molecule has 2 atom stereocenters. The zero-order valence-electron chi connectivity index (χ0n) is 13.6. The van der Waals surface area contributed by atoms with E-state index in [2.05, 4.69) is 21.3 Å². The number of nitrogens with zero attached hydrogens (tertiary/aromatic N) is 4. The summed E-state index contributed by atoms with van der Waals surface area (Å²) in [7, 11) is 0. The summed E-state index contributed by atoms with van der Waals surface area (Å²) in [6.07, 6.45) is 1.55. The maximum atomic E-state index is 12.6. The average molecular weight is 352 g/mol. The minimum Gasteiger partial charge on any atom is -0.375 e. The molecule has 0 unspecified atom stereocenters. The predicted octanol–water partition coefficient (Wildman–Crippen LogP) is 0.401. The fourth-order valence-corrected chi connectivity index (χ4v) is 3.02. The highest BCUT2D eigenvalue weighted by Crippen LogP contribution is 2.16. The molecule has 130 valence electrons. The van der Waals surface area contributed by atoms with Crippen LogP contribution in [0.5, 0.6) is 0 Å². The number of pyridine rings is 1. The fraction of sp³-hybridized carbons (Fsp3) is 0.562. The van der Waals surface area contributed by atoms with Crippen molar-refractivity contribution < 1.29 is 9.53 Å². The van der Waals surface area contributed by atoms with Crippen molar-refractivity contribution in [1.82, 2.24) is 15.2 Å². The molecule has 2 aliphatic rings. The molecule has 1 N–H and O–H groups in total. The van der Waals surface area contributed by atoms with Crippen molar-refractivity contribution in [3.05, 3.63) is 23.9 Å². The number of piperazine rings is 1. The molecule has 0 aromatic carbocycles. The van der Waals surface area contributed by atoms with Crippen LogP contribution in [0.2, 0.25) is 0 Å². The smallest absolute Gasteiger partial charge is 0.242 e. The minimum absolute atomic E-state index is 0. The normalized spacial score (nSPS) is 24.0. The van der Waals surface area contributed by atoms with Crippen molar-refractivity contribution in [2.45, 2.75) is 19.1 Å². The summed E-state index contributed by atoms with van der Waals surface area (Å²) in [5.41, 5.74) is 0.603. The monoisotopic (exact) mass is 351 g/mol. The maximum absolute atomic E-state index is 12.6. The first-order valence-corrected chi connectivity index (χ1v) is 7.94. The van der Waals surface area contributed by atoms with Crippen LogP contribution in [0, 0.1) is 11.3 Å². The Bertz CT molecular complexity index is 613. The van der Waals surface area contributed by atoms with Crippen LogP contribution in [0.1, 0.15) is 12.5 Å². The molecule has 0 bridgehead atoms. The van der Waals surface area contributed by atoms with Gasteiger partial charge in [0.05, 0.1) is 24.3 Å². The van der Waals surface area contributed by atoms with Crippen molar-refractivity contribution in [3.63, 3.8) is 0 Å². The van der Waals surface area contributed by atoms with Gasteiger partial charge in [-0.05, 0) is 19.1 Å². The number of carbonyl (C=O) groups excluding carboxylic acids is 1. The molecule has 0 radical (unpaired) electrons. The van der Waals surface area contributed by atoms with Crippen LogP contribution in [0.25, 0.3) is 0 Å². The Hall–Kier alpha value is -1.88. The molecule has 1 aromatic rings. The first-order valence-electron chi connectivity index (χ1n) is 7.94. The van der Waals surface area contributed by atoms with E-state index in [1.54, 1.807) is 18.3 Å². The van der Waals surface area contributed by atoms with Gasteiger partial charge in [0.2, 0.25) is 5.91 Å². The lowest BCUT2D eigenvalue weighted by atomic mass is 10.1. The van der Waals surface area contributed by atoms with E-state index < -0.39 is 0 Å². The second-order valence-electron chi connectivity index (χ2n) is 5.83. The number of ether oxygens (including phenoxy) is 1. The van der Waals surface area contributed by atoms with Crippen molar-refractivity contribution in [2.24, 2.45) is 0 Å². The quantitative estimate of drug-likeness (QED) is 0.830. The Morgan fingerprint density at radius 2 is 2.17 bits per heavy atom. The summed E-state index contributed by atoms with van der Waals surface area (Å²) in [6, 6.07) is 5.36. The molecule has 0 aliphatic carbocycles. The first kappa shape index (κ1) is 18.5. The van der Waals surface area contributed by atoms with E-state index >= 15 is 0 Å². The maximum Gasteiger partial charge on any atom is 0.242 e. The van der Waals surface area contributed by atoms with Gasteiger partial charge >= 0.3 is 0 Å². The second kappa shape index (κ2) is 8.29. The minimum atomic E-state index is -0.254. The number of hydrogen-bond donors (Lipinski definition) is 1. The Balaban J connectivity index is 0.00000208. The SMILES string of the molecule is C[C@H]1OCCN[C@@H]1C(=O)N1CCN(c2cc(C#N)ccn2)CC1.Cl. The third-order valence-corrected chi connectivity index (χ3v) is 4.37. The molecule has 1 aromatic heterocycles. The van der Waals surface area contributed by atoms with Crippen LogP contribution >= 0.6 is 12.4 Å². The zero-order chi connectivity index (χ0) is 16.2. The molecule has 24 heavy (non-hydrogen) atoms. The van der Waals surface area contributed by atoms with Gasteiger partial charge in [0.15, 0.2) is 0 Å². The van der Waals surface area contributed by atoms with Gasteiger partial charge in [-0.2, -0.15) is 5.26 Å². The fourth-order valence-electron chi connectivity index (χ4n) is 3.02. The molecule has 1 amide bonds.